The predicted molar refractivity (Wildman–Crippen MR) is 81.2 cm³/mol. The molecule has 3 nitrogen and oxygen atoms in total. The van der Waals surface area contributed by atoms with Crippen LogP contribution < -0.4 is 4.74 Å². The van der Waals surface area contributed by atoms with Crippen LogP contribution in [0.15, 0.2) is 42.5 Å². The van der Waals surface area contributed by atoms with Crippen molar-refractivity contribution in [1.29, 1.82) is 10.5 Å². The Morgan fingerprint density at radius 1 is 1.14 bits per heavy atom. The van der Waals surface area contributed by atoms with Crippen molar-refractivity contribution in [3.05, 3.63) is 64.2 Å². The van der Waals surface area contributed by atoms with Crippen molar-refractivity contribution in [2.45, 2.75) is 12.3 Å². The summed E-state index contributed by atoms with van der Waals surface area (Å²) >= 11 is 6.01. The zero-order valence-corrected chi connectivity index (χ0v) is 12.3. The first kappa shape index (κ1) is 14.9. The molecular weight excluding hydrogens is 284 g/mol. The van der Waals surface area contributed by atoms with Crippen LogP contribution in [0.2, 0.25) is 5.02 Å². The van der Waals surface area contributed by atoms with Crippen LogP contribution in [-0.2, 0) is 6.42 Å². The molecule has 0 saturated heterocycles. The van der Waals surface area contributed by atoms with Crippen LogP contribution in [-0.4, -0.2) is 7.11 Å². The molecule has 0 heterocycles. The molecule has 2 aromatic rings. The second-order valence-electron chi connectivity index (χ2n) is 4.58. The lowest BCUT2D eigenvalue weighted by Gasteiger charge is -2.13. The molecule has 2 rings (SSSR count). The van der Waals surface area contributed by atoms with Gasteiger partial charge < -0.3 is 4.74 Å². The summed E-state index contributed by atoms with van der Waals surface area (Å²) in [7, 11) is 1.59. The van der Waals surface area contributed by atoms with E-state index in [1.54, 1.807) is 31.4 Å². The minimum Gasteiger partial charge on any atom is -0.496 e. The van der Waals surface area contributed by atoms with Crippen LogP contribution in [0.25, 0.3) is 0 Å². The number of nitriles is 2. The van der Waals surface area contributed by atoms with Gasteiger partial charge in [-0.15, -0.1) is 0 Å². The Labute approximate surface area is 129 Å². The standard InChI is InChI=1S/C17H13ClN2O/c1-21-17-7-6-16(18)9-14(17)8-15(11-20)13-4-2-12(10-19)3-5-13/h2-7,9,15H,8H2,1H3. The molecule has 0 spiro atoms. The Bertz CT molecular complexity index is 711. The molecule has 0 aliphatic heterocycles. The van der Waals surface area contributed by atoms with E-state index in [0.29, 0.717) is 22.8 Å². The Balaban J connectivity index is 2.29. The maximum absolute atomic E-state index is 9.41. The fourth-order valence-corrected chi connectivity index (χ4v) is 2.35. The first-order valence-corrected chi connectivity index (χ1v) is 6.78. The van der Waals surface area contributed by atoms with Gasteiger partial charge in [0.05, 0.1) is 30.7 Å². The molecule has 0 bridgehead atoms. The number of halogens is 1. The number of hydrogen-bond donors (Lipinski definition) is 0. The van der Waals surface area contributed by atoms with E-state index in [1.165, 1.54) is 0 Å². The summed E-state index contributed by atoms with van der Waals surface area (Å²) in [5.41, 5.74) is 2.34. The van der Waals surface area contributed by atoms with E-state index in [4.69, 9.17) is 21.6 Å². The molecule has 1 atom stereocenters. The van der Waals surface area contributed by atoms with E-state index in [0.717, 1.165) is 11.1 Å². The number of hydrogen-bond acceptors (Lipinski definition) is 3. The highest BCUT2D eigenvalue weighted by Gasteiger charge is 2.15. The molecule has 4 heteroatoms. The van der Waals surface area contributed by atoms with Gasteiger partial charge in [-0.2, -0.15) is 10.5 Å². The first-order chi connectivity index (χ1) is 10.2. The van der Waals surface area contributed by atoms with E-state index >= 15 is 0 Å². The molecule has 2 aromatic carbocycles. The average Bonchev–Trinajstić information content (AvgIpc) is 2.53. The second kappa shape index (κ2) is 6.79. The van der Waals surface area contributed by atoms with Gasteiger partial charge in [0, 0.05) is 5.02 Å². The highest BCUT2D eigenvalue weighted by molar-refractivity contribution is 6.30. The third-order valence-corrected chi connectivity index (χ3v) is 3.50. The van der Waals surface area contributed by atoms with Crippen molar-refractivity contribution in [1.82, 2.24) is 0 Å². The maximum Gasteiger partial charge on any atom is 0.122 e. The van der Waals surface area contributed by atoms with E-state index in [9.17, 15) is 5.26 Å². The summed E-state index contributed by atoms with van der Waals surface area (Å²) in [6.07, 6.45) is 0.506. The lowest BCUT2D eigenvalue weighted by Crippen LogP contribution is -2.02. The van der Waals surface area contributed by atoms with Gasteiger partial charge >= 0.3 is 0 Å². The highest BCUT2D eigenvalue weighted by atomic mass is 35.5. The number of rotatable bonds is 4. The smallest absolute Gasteiger partial charge is 0.122 e. The van der Waals surface area contributed by atoms with Crippen molar-refractivity contribution in [3.63, 3.8) is 0 Å². The molecule has 21 heavy (non-hydrogen) atoms. The van der Waals surface area contributed by atoms with Crippen LogP contribution >= 0.6 is 11.6 Å². The van der Waals surface area contributed by atoms with Crippen LogP contribution in [0.3, 0.4) is 0 Å². The lowest BCUT2D eigenvalue weighted by molar-refractivity contribution is 0.409. The zero-order valence-electron chi connectivity index (χ0n) is 11.5. The Morgan fingerprint density at radius 2 is 1.86 bits per heavy atom. The molecule has 0 aliphatic rings. The Kier molecular flexibility index (Phi) is 4.82. The van der Waals surface area contributed by atoms with Crippen molar-refractivity contribution < 1.29 is 4.74 Å². The minimum absolute atomic E-state index is 0.315. The average molecular weight is 297 g/mol. The molecule has 0 amide bonds. The van der Waals surface area contributed by atoms with E-state index in [1.807, 2.05) is 18.2 Å². The van der Waals surface area contributed by atoms with E-state index in [2.05, 4.69) is 12.1 Å². The predicted octanol–water partition coefficient (Wildman–Crippen LogP) is 4.07. The van der Waals surface area contributed by atoms with Gasteiger partial charge in [0.1, 0.15) is 5.75 Å². The Morgan fingerprint density at radius 3 is 2.43 bits per heavy atom. The van der Waals surface area contributed by atoms with Crippen LogP contribution in [0.5, 0.6) is 5.75 Å². The van der Waals surface area contributed by atoms with Crippen molar-refractivity contribution in [2.75, 3.05) is 7.11 Å². The molecule has 0 aromatic heterocycles. The van der Waals surface area contributed by atoms with Crippen LogP contribution in [0.1, 0.15) is 22.6 Å². The van der Waals surface area contributed by atoms with Gasteiger partial charge in [0.15, 0.2) is 0 Å². The summed E-state index contributed by atoms with van der Waals surface area (Å²) in [5, 5.41) is 18.8. The fourth-order valence-electron chi connectivity index (χ4n) is 2.15. The topological polar surface area (TPSA) is 56.8 Å². The van der Waals surface area contributed by atoms with Crippen LogP contribution in [0.4, 0.5) is 0 Å². The number of nitrogens with zero attached hydrogens (tertiary/aromatic N) is 2. The van der Waals surface area contributed by atoms with Gasteiger partial charge in [0.2, 0.25) is 0 Å². The van der Waals surface area contributed by atoms with E-state index < -0.39 is 0 Å². The van der Waals surface area contributed by atoms with Gasteiger partial charge in [0.25, 0.3) is 0 Å². The fraction of sp³-hybridized carbons (Fsp3) is 0.176. The summed E-state index contributed by atoms with van der Waals surface area (Å²) in [5.74, 6) is 0.401. The monoisotopic (exact) mass is 296 g/mol. The molecule has 0 saturated carbocycles. The summed E-state index contributed by atoms with van der Waals surface area (Å²) < 4.78 is 5.31. The third-order valence-electron chi connectivity index (χ3n) is 3.26. The van der Waals surface area contributed by atoms with Gasteiger partial charge in [-0.3, -0.25) is 0 Å². The summed E-state index contributed by atoms with van der Waals surface area (Å²) in [4.78, 5) is 0. The normalized spacial score (nSPS) is 11.2. The SMILES string of the molecule is COc1ccc(Cl)cc1CC(C#N)c1ccc(C#N)cc1. The molecule has 104 valence electrons. The molecule has 0 radical (unpaired) electrons. The lowest BCUT2D eigenvalue weighted by atomic mass is 9.92. The molecule has 0 N–H and O–H groups in total. The number of methoxy groups -OCH3 is 1. The summed E-state index contributed by atoms with van der Waals surface area (Å²) in [6.45, 7) is 0. The molecule has 1 unspecified atom stereocenters. The quantitative estimate of drug-likeness (QED) is 0.854. The summed E-state index contributed by atoms with van der Waals surface area (Å²) in [6, 6.07) is 16.8. The molecule has 0 fully saturated rings. The number of benzene rings is 2. The van der Waals surface area contributed by atoms with Crippen molar-refractivity contribution >= 4 is 11.6 Å². The van der Waals surface area contributed by atoms with Gasteiger partial charge in [-0.05, 0) is 47.9 Å². The Hall–Kier alpha value is -2.49. The van der Waals surface area contributed by atoms with Crippen molar-refractivity contribution in [3.8, 4) is 17.9 Å². The molecule has 0 aliphatic carbocycles. The second-order valence-corrected chi connectivity index (χ2v) is 5.01. The van der Waals surface area contributed by atoms with Crippen LogP contribution in [0, 0.1) is 22.7 Å². The van der Waals surface area contributed by atoms with Gasteiger partial charge in [-0.1, -0.05) is 23.7 Å². The minimum atomic E-state index is -0.315. The highest BCUT2D eigenvalue weighted by Crippen LogP contribution is 2.28. The first-order valence-electron chi connectivity index (χ1n) is 6.40. The third kappa shape index (κ3) is 3.54. The van der Waals surface area contributed by atoms with Crippen molar-refractivity contribution in [2.24, 2.45) is 0 Å². The molecular formula is C17H13ClN2O. The zero-order chi connectivity index (χ0) is 15.2. The van der Waals surface area contributed by atoms with E-state index in [-0.39, 0.29) is 5.92 Å². The maximum atomic E-state index is 9.41. The van der Waals surface area contributed by atoms with Gasteiger partial charge in [-0.25, -0.2) is 0 Å². The largest absolute Gasteiger partial charge is 0.496 e. The number of ether oxygens (including phenoxy) is 1.